The number of para-hydroxylation sites is 2. The van der Waals surface area contributed by atoms with E-state index in [4.69, 9.17) is 4.98 Å². The van der Waals surface area contributed by atoms with Crippen molar-refractivity contribution in [2.45, 2.75) is 58.5 Å². The third kappa shape index (κ3) is 5.61. The highest BCUT2D eigenvalue weighted by Crippen LogP contribution is 2.26. The molecule has 1 aliphatic heterocycles. The second-order valence-corrected chi connectivity index (χ2v) is 10.9. The van der Waals surface area contributed by atoms with E-state index in [9.17, 15) is 9.59 Å². The van der Waals surface area contributed by atoms with Crippen LogP contribution in [0.5, 0.6) is 0 Å². The molecule has 3 heterocycles. The van der Waals surface area contributed by atoms with E-state index >= 15 is 0 Å². The van der Waals surface area contributed by atoms with Gasteiger partial charge >= 0.3 is 5.69 Å². The molecular weight excluding hydrogens is 484 g/mol. The fourth-order valence-electron chi connectivity index (χ4n) is 5.08. The van der Waals surface area contributed by atoms with Crippen molar-refractivity contribution in [2.24, 2.45) is 0 Å². The second kappa shape index (κ2) is 10.9. The van der Waals surface area contributed by atoms with Crippen molar-refractivity contribution >= 4 is 33.6 Å². The fourth-order valence-corrected chi connectivity index (χ4v) is 5.93. The smallest absolute Gasteiger partial charge is 0.326 e. The highest BCUT2D eigenvalue weighted by Gasteiger charge is 2.27. The Morgan fingerprint density at radius 2 is 1.86 bits per heavy atom. The molecule has 194 valence electrons. The molecule has 1 aliphatic rings. The number of aromatic nitrogens is 4. The Bertz CT molecular complexity index is 1410. The number of fused-ring (bicyclic) bond motifs is 1. The van der Waals surface area contributed by atoms with Gasteiger partial charge < -0.3 is 14.8 Å². The van der Waals surface area contributed by atoms with Crippen LogP contribution in [-0.4, -0.2) is 55.4 Å². The number of nitrogens with one attached hydrogen (secondary N) is 1. The number of anilines is 1. The number of hydrogen-bond acceptors (Lipinski definition) is 6. The Labute approximate surface area is 221 Å². The number of imidazole rings is 1. The topological polar surface area (TPSA) is 87.1 Å². The van der Waals surface area contributed by atoms with Crippen molar-refractivity contribution in [2.75, 3.05) is 24.5 Å². The van der Waals surface area contributed by atoms with Gasteiger partial charge in [0.1, 0.15) is 5.82 Å². The van der Waals surface area contributed by atoms with Crippen molar-refractivity contribution in [3.63, 3.8) is 0 Å². The number of carbonyl (C=O) groups excluding carboxylic acids is 1. The first kappa shape index (κ1) is 25.2. The molecule has 0 unspecified atom stereocenters. The van der Waals surface area contributed by atoms with Crippen LogP contribution < -0.4 is 10.6 Å². The summed E-state index contributed by atoms with van der Waals surface area (Å²) < 4.78 is 6.44. The molecule has 1 fully saturated rings. The predicted octanol–water partition coefficient (Wildman–Crippen LogP) is 4.55. The van der Waals surface area contributed by atoms with Gasteiger partial charge in [0, 0.05) is 56.1 Å². The molecule has 0 aliphatic carbocycles. The van der Waals surface area contributed by atoms with Gasteiger partial charge in [-0.15, -0.1) is 0 Å². The maximum atomic E-state index is 13.1. The first-order valence-corrected chi connectivity index (χ1v) is 13.8. The number of nitrogens with zero attached hydrogens (tertiary/aromatic N) is 5. The summed E-state index contributed by atoms with van der Waals surface area (Å²) in [5.41, 5.74) is 4.15. The Morgan fingerprint density at radius 3 is 2.59 bits per heavy atom. The van der Waals surface area contributed by atoms with E-state index in [0.29, 0.717) is 32.5 Å². The number of carbonyl (C=O) groups is 1. The number of likely N-dealkylation sites (tertiary alicyclic amines) is 1. The maximum absolute atomic E-state index is 13.1. The summed E-state index contributed by atoms with van der Waals surface area (Å²) in [5, 5.41) is 0.863. The van der Waals surface area contributed by atoms with Crippen molar-refractivity contribution in [1.82, 2.24) is 23.8 Å². The summed E-state index contributed by atoms with van der Waals surface area (Å²) in [6.45, 7) is 8.26. The maximum Gasteiger partial charge on any atom is 0.326 e. The first-order chi connectivity index (χ1) is 17.9. The highest BCUT2D eigenvalue weighted by atomic mass is 32.1. The molecule has 4 aromatic rings. The monoisotopic (exact) mass is 518 g/mol. The quantitative estimate of drug-likeness (QED) is 0.370. The van der Waals surface area contributed by atoms with Gasteiger partial charge in [-0.05, 0) is 51.3 Å². The van der Waals surface area contributed by atoms with Crippen molar-refractivity contribution in [3.8, 4) is 0 Å². The van der Waals surface area contributed by atoms with Crippen LogP contribution in [-0.2, 0) is 11.2 Å². The average Bonchev–Trinajstić information content (AvgIpc) is 3.48. The van der Waals surface area contributed by atoms with E-state index in [-0.39, 0.29) is 23.7 Å². The number of benzene rings is 2. The molecule has 0 bridgehead atoms. The minimum Gasteiger partial charge on any atom is -0.344 e. The third-order valence-electron chi connectivity index (χ3n) is 7.18. The molecule has 0 spiro atoms. The zero-order valence-corrected chi connectivity index (χ0v) is 22.5. The van der Waals surface area contributed by atoms with Crippen LogP contribution in [0.1, 0.15) is 56.1 Å². The molecule has 2 aromatic heterocycles. The number of amides is 1. The molecule has 0 atom stereocenters. The van der Waals surface area contributed by atoms with Crippen molar-refractivity contribution in [3.05, 3.63) is 76.0 Å². The lowest BCUT2D eigenvalue weighted by atomic mass is 10.0. The molecule has 9 heteroatoms. The predicted molar refractivity (Wildman–Crippen MR) is 148 cm³/mol. The van der Waals surface area contributed by atoms with Crippen LogP contribution in [0.3, 0.4) is 0 Å². The van der Waals surface area contributed by atoms with E-state index in [2.05, 4.69) is 59.3 Å². The molecule has 8 nitrogen and oxygen atoms in total. The Balaban J connectivity index is 1.17. The van der Waals surface area contributed by atoms with Crippen LogP contribution in [0.15, 0.2) is 53.3 Å². The lowest BCUT2D eigenvalue weighted by molar-refractivity contribution is -0.132. The number of hydrogen-bond donors (Lipinski definition) is 1. The van der Waals surface area contributed by atoms with Gasteiger partial charge in [-0.3, -0.25) is 9.36 Å². The SMILES string of the molecule is Cc1ccc(Cc2nsc(N(CCC(=O)N3CCC(n4c(=O)[nH]c5ccccc54)CC3)C(C)C)n2)cc1. The molecule has 2 aromatic carbocycles. The van der Waals surface area contributed by atoms with E-state index in [1.54, 1.807) is 0 Å². The minimum atomic E-state index is -0.0719. The summed E-state index contributed by atoms with van der Waals surface area (Å²) in [6, 6.07) is 16.6. The Morgan fingerprint density at radius 1 is 1.14 bits per heavy atom. The largest absolute Gasteiger partial charge is 0.344 e. The van der Waals surface area contributed by atoms with E-state index in [1.807, 2.05) is 33.7 Å². The van der Waals surface area contributed by atoms with E-state index < -0.39 is 0 Å². The molecule has 1 saturated heterocycles. The molecular formula is C28H34N6O2S. The molecule has 0 radical (unpaired) electrons. The van der Waals surface area contributed by atoms with E-state index in [0.717, 1.165) is 34.8 Å². The summed E-state index contributed by atoms with van der Waals surface area (Å²) in [7, 11) is 0. The van der Waals surface area contributed by atoms with Crippen LogP contribution >= 0.6 is 11.5 Å². The zero-order valence-electron chi connectivity index (χ0n) is 21.7. The summed E-state index contributed by atoms with van der Waals surface area (Å²) in [5.74, 6) is 0.968. The lowest BCUT2D eigenvalue weighted by Gasteiger charge is -2.33. The Kier molecular flexibility index (Phi) is 7.41. The standard InChI is InChI=1S/C28H34N6O2S/c1-19(2)33(28-30-25(31-37-28)18-21-10-8-20(3)9-11-21)17-14-26(35)32-15-12-22(13-16-32)34-24-7-5-4-6-23(24)29-27(34)36/h4-11,19,22H,12-18H2,1-3H3,(H,29,36). The lowest BCUT2D eigenvalue weighted by Crippen LogP contribution is -2.42. The fraction of sp³-hybridized carbons (Fsp3) is 0.429. The number of aryl methyl sites for hydroxylation is 1. The van der Waals surface area contributed by atoms with Gasteiger partial charge in [-0.1, -0.05) is 42.0 Å². The molecule has 37 heavy (non-hydrogen) atoms. The number of aromatic amines is 1. The normalized spacial score (nSPS) is 14.5. The summed E-state index contributed by atoms with van der Waals surface area (Å²) in [6.07, 6.45) is 2.69. The summed E-state index contributed by atoms with van der Waals surface area (Å²) >= 11 is 1.40. The number of piperidine rings is 1. The molecule has 1 N–H and O–H groups in total. The molecule has 0 saturated carbocycles. The minimum absolute atomic E-state index is 0.0719. The van der Waals surface area contributed by atoms with Crippen LogP contribution in [0.25, 0.3) is 11.0 Å². The van der Waals surface area contributed by atoms with Crippen LogP contribution in [0.2, 0.25) is 0 Å². The van der Waals surface area contributed by atoms with E-state index in [1.165, 1.54) is 22.7 Å². The van der Waals surface area contributed by atoms with Gasteiger partial charge in [0.15, 0.2) is 0 Å². The molecule has 5 rings (SSSR count). The van der Waals surface area contributed by atoms with Gasteiger partial charge in [0.25, 0.3) is 0 Å². The first-order valence-electron chi connectivity index (χ1n) is 13.0. The Hall–Kier alpha value is -3.46. The third-order valence-corrected chi connectivity index (χ3v) is 7.97. The second-order valence-electron chi connectivity index (χ2n) is 10.1. The highest BCUT2D eigenvalue weighted by molar-refractivity contribution is 7.09. The zero-order chi connectivity index (χ0) is 25.9. The van der Waals surface area contributed by atoms with Crippen LogP contribution in [0, 0.1) is 6.92 Å². The van der Waals surface area contributed by atoms with Crippen molar-refractivity contribution < 1.29 is 4.79 Å². The number of H-pyrrole nitrogens is 1. The van der Waals surface area contributed by atoms with Gasteiger partial charge in [0.05, 0.1) is 11.0 Å². The van der Waals surface area contributed by atoms with Crippen LogP contribution in [0.4, 0.5) is 5.13 Å². The summed E-state index contributed by atoms with van der Waals surface area (Å²) in [4.78, 5) is 37.5. The molecule has 1 amide bonds. The van der Waals surface area contributed by atoms with Gasteiger partial charge in [-0.2, -0.15) is 4.37 Å². The van der Waals surface area contributed by atoms with Crippen molar-refractivity contribution in [1.29, 1.82) is 0 Å². The average molecular weight is 519 g/mol. The van der Waals surface area contributed by atoms with Gasteiger partial charge in [-0.25, -0.2) is 9.78 Å². The van der Waals surface area contributed by atoms with Gasteiger partial charge in [0.2, 0.25) is 11.0 Å². The number of rotatable bonds is 8.